The van der Waals surface area contributed by atoms with Crippen molar-refractivity contribution in [3.05, 3.63) is 29.8 Å². The largest absolute Gasteiger partial charge is 0.491 e. The molecule has 0 amide bonds. The number of ether oxygens (including phenoxy) is 1. The molecule has 3 heteroatoms. The zero-order valence-corrected chi connectivity index (χ0v) is 11.6. The molecule has 0 aromatic heterocycles. The van der Waals surface area contributed by atoms with Crippen LogP contribution in [-0.4, -0.2) is 6.10 Å². The van der Waals surface area contributed by atoms with Crippen LogP contribution in [0.15, 0.2) is 24.3 Å². The molecule has 2 unspecified atom stereocenters. The summed E-state index contributed by atoms with van der Waals surface area (Å²) in [4.78, 5) is 0. The zero-order valence-electron chi connectivity index (χ0n) is 11.6. The quantitative estimate of drug-likeness (QED) is 0.867. The van der Waals surface area contributed by atoms with Gasteiger partial charge in [-0.2, -0.15) is 5.26 Å². The molecule has 98 valence electrons. The molecular formula is C15H22N2O. The fraction of sp³-hybridized carbons (Fsp3) is 0.533. The maximum Gasteiger partial charge on any atom is 0.119 e. The first-order valence-electron chi connectivity index (χ1n) is 6.37. The Morgan fingerprint density at radius 3 is 2.06 bits per heavy atom. The van der Waals surface area contributed by atoms with Gasteiger partial charge in [0.15, 0.2) is 0 Å². The minimum absolute atomic E-state index is 0.159. The van der Waals surface area contributed by atoms with Crippen LogP contribution in [0.1, 0.15) is 39.3 Å². The van der Waals surface area contributed by atoms with Gasteiger partial charge in [0, 0.05) is 6.04 Å². The van der Waals surface area contributed by atoms with Gasteiger partial charge in [0.1, 0.15) is 5.75 Å². The van der Waals surface area contributed by atoms with Gasteiger partial charge in [-0.25, -0.2) is 0 Å². The Labute approximate surface area is 110 Å². The number of hydrogen-bond donors (Lipinski definition) is 1. The van der Waals surface area contributed by atoms with Crippen LogP contribution in [0.2, 0.25) is 0 Å². The van der Waals surface area contributed by atoms with Crippen molar-refractivity contribution in [2.75, 3.05) is 0 Å². The van der Waals surface area contributed by atoms with Crippen molar-refractivity contribution in [1.29, 1.82) is 5.26 Å². The summed E-state index contributed by atoms with van der Waals surface area (Å²) >= 11 is 0. The van der Waals surface area contributed by atoms with Crippen molar-refractivity contribution in [2.24, 2.45) is 17.6 Å². The van der Waals surface area contributed by atoms with Crippen molar-refractivity contribution in [1.82, 2.24) is 0 Å². The SMILES string of the molecule is CC(C)Oc1ccc(C(N)C(C#N)C(C)C)cc1. The van der Waals surface area contributed by atoms with Crippen molar-refractivity contribution in [3.8, 4) is 11.8 Å². The number of nitrogens with zero attached hydrogens (tertiary/aromatic N) is 1. The highest BCUT2D eigenvalue weighted by Gasteiger charge is 2.22. The van der Waals surface area contributed by atoms with E-state index in [1.807, 2.05) is 52.0 Å². The molecule has 0 heterocycles. The third-order valence-electron chi connectivity index (χ3n) is 2.89. The highest BCUT2D eigenvalue weighted by atomic mass is 16.5. The van der Waals surface area contributed by atoms with Gasteiger partial charge in [0.2, 0.25) is 0 Å². The lowest BCUT2D eigenvalue weighted by atomic mass is 9.86. The summed E-state index contributed by atoms with van der Waals surface area (Å²) in [6.07, 6.45) is 0.159. The highest BCUT2D eigenvalue weighted by molar-refractivity contribution is 5.30. The van der Waals surface area contributed by atoms with E-state index >= 15 is 0 Å². The Hall–Kier alpha value is -1.53. The van der Waals surface area contributed by atoms with Gasteiger partial charge in [-0.15, -0.1) is 0 Å². The van der Waals surface area contributed by atoms with E-state index in [0.29, 0.717) is 0 Å². The predicted octanol–water partition coefficient (Wildman–Crippen LogP) is 3.27. The maximum absolute atomic E-state index is 9.15. The molecule has 1 rings (SSSR count). The molecule has 0 bridgehead atoms. The second-order valence-electron chi connectivity index (χ2n) is 5.16. The predicted molar refractivity (Wildman–Crippen MR) is 73.1 cm³/mol. The van der Waals surface area contributed by atoms with Crippen LogP contribution in [0.3, 0.4) is 0 Å². The van der Waals surface area contributed by atoms with Crippen LogP contribution < -0.4 is 10.5 Å². The summed E-state index contributed by atoms with van der Waals surface area (Å²) in [5, 5.41) is 9.15. The van der Waals surface area contributed by atoms with E-state index in [0.717, 1.165) is 11.3 Å². The number of nitriles is 1. The number of nitrogens with two attached hydrogens (primary N) is 1. The second kappa shape index (κ2) is 6.42. The summed E-state index contributed by atoms with van der Waals surface area (Å²) in [7, 11) is 0. The molecule has 0 radical (unpaired) electrons. The minimum Gasteiger partial charge on any atom is -0.491 e. The van der Waals surface area contributed by atoms with Crippen molar-refractivity contribution < 1.29 is 4.74 Å². The molecule has 0 aliphatic carbocycles. The first-order chi connectivity index (χ1) is 8.45. The molecule has 0 saturated carbocycles. The Bertz CT molecular complexity index is 403. The fourth-order valence-electron chi connectivity index (χ4n) is 1.89. The van der Waals surface area contributed by atoms with Gasteiger partial charge in [-0.3, -0.25) is 0 Å². The van der Waals surface area contributed by atoms with Gasteiger partial charge < -0.3 is 10.5 Å². The number of benzene rings is 1. The van der Waals surface area contributed by atoms with Crippen LogP contribution in [0.5, 0.6) is 5.75 Å². The Balaban J connectivity index is 2.82. The molecular weight excluding hydrogens is 224 g/mol. The van der Waals surface area contributed by atoms with Gasteiger partial charge >= 0.3 is 0 Å². The molecule has 1 aromatic rings. The molecule has 0 saturated heterocycles. The van der Waals surface area contributed by atoms with Crippen molar-refractivity contribution in [2.45, 2.75) is 39.8 Å². The van der Waals surface area contributed by atoms with E-state index in [9.17, 15) is 0 Å². The molecule has 2 N–H and O–H groups in total. The van der Waals surface area contributed by atoms with Crippen molar-refractivity contribution in [3.63, 3.8) is 0 Å². The lowest BCUT2D eigenvalue weighted by molar-refractivity contribution is 0.242. The maximum atomic E-state index is 9.15. The minimum atomic E-state index is -0.247. The van der Waals surface area contributed by atoms with Gasteiger partial charge in [-0.1, -0.05) is 26.0 Å². The third-order valence-corrected chi connectivity index (χ3v) is 2.89. The van der Waals surface area contributed by atoms with Gasteiger partial charge in [0.25, 0.3) is 0 Å². The molecule has 2 atom stereocenters. The molecule has 0 spiro atoms. The van der Waals surface area contributed by atoms with E-state index in [2.05, 4.69) is 6.07 Å². The molecule has 0 aliphatic rings. The molecule has 0 fully saturated rings. The second-order valence-corrected chi connectivity index (χ2v) is 5.16. The van der Waals surface area contributed by atoms with E-state index in [-0.39, 0.29) is 24.0 Å². The monoisotopic (exact) mass is 246 g/mol. The average molecular weight is 246 g/mol. The van der Waals surface area contributed by atoms with Crippen LogP contribution in [0.25, 0.3) is 0 Å². The average Bonchev–Trinajstić information content (AvgIpc) is 2.29. The third kappa shape index (κ3) is 3.75. The Morgan fingerprint density at radius 1 is 1.11 bits per heavy atom. The first kappa shape index (κ1) is 14.5. The van der Waals surface area contributed by atoms with Gasteiger partial charge in [-0.05, 0) is 37.5 Å². The topological polar surface area (TPSA) is 59.0 Å². The normalized spacial score (nSPS) is 14.3. The van der Waals surface area contributed by atoms with E-state index < -0.39 is 0 Å². The standard InChI is InChI=1S/C15H22N2O/c1-10(2)14(9-16)15(17)12-5-7-13(8-6-12)18-11(3)4/h5-8,10-11,14-15H,17H2,1-4H3. The summed E-state index contributed by atoms with van der Waals surface area (Å²) in [5.41, 5.74) is 7.12. The molecule has 18 heavy (non-hydrogen) atoms. The molecule has 3 nitrogen and oxygen atoms in total. The van der Waals surface area contributed by atoms with E-state index in [1.165, 1.54) is 0 Å². The summed E-state index contributed by atoms with van der Waals surface area (Å²) in [5.74, 6) is 0.914. The Morgan fingerprint density at radius 2 is 1.67 bits per heavy atom. The molecule has 1 aromatic carbocycles. The van der Waals surface area contributed by atoms with E-state index in [4.69, 9.17) is 15.7 Å². The lowest BCUT2D eigenvalue weighted by Crippen LogP contribution is -2.24. The Kier molecular flexibility index (Phi) is 5.18. The summed E-state index contributed by atoms with van der Waals surface area (Å²) < 4.78 is 5.58. The fourth-order valence-corrected chi connectivity index (χ4v) is 1.89. The highest BCUT2D eigenvalue weighted by Crippen LogP contribution is 2.26. The van der Waals surface area contributed by atoms with Crippen LogP contribution in [0, 0.1) is 23.2 Å². The number of hydrogen-bond acceptors (Lipinski definition) is 3. The molecule has 0 aliphatic heterocycles. The lowest BCUT2D eigenvalue weighted by Gasteiger charge is -2.21. The summed E-state index contributed by atoms with van der Waals surface area (Å²) in [6, 6.07) is 9.74. The van der Waals surface area contributed by atoms with Crippen molar-refractivity contribution >= 4 is 0 Å². The summed E-state index contributed by atoms with van der Waals surface area (Å²) in [6.45, 7) is 8.02. The first-order valence-corrected chi connectivity index (χ1v) is 6.37. The van der Waals surface area contributed by atoms with Gasteiger partial charge in [0.05, 0.1) is 18.1 Å². The number of rotatable bonds is 5. The van der Waals surface area contributed by atoms with E-state index in [1.54, 1.807) is 0 Å². The van der Waals surface area contributed by atoms with Crippen LogP contribution in [-0.2, 0) is 0 Å². The van der Waals surface area contributed by atoms with Crippen LogP contribution in [0.4, 0.5) is 0 Å². The smallest absolute Gasteiger partial charge is 0.119 e. The zero-order chi connectivity index (χ0) is 13.7. The van der Waals surface area contributed by atoms with Crippen LogP contribution >= 0.6 is 0 Å².